The molecule has 1 amide bonds. The van der Waals surface area contributed by atoms with Gasteiger partial charge in [-0.05, 0) is 11.6 Å². The van der Waals surface area contributed by atoms with Crippen molar-refractivity contribution in [2.24, 2.45) is 0 Å². The van der Waals surface area contributed by atoms with E-state index in [9.17, 15) is 4.79 Å². The zero-order valence-corrected chi connectivity index (χ0v) is 14.9. The summed E-state index contributed by atoms with van der Waals surface area (Å²) < 4.78 is 3.31. The number of anilines is 2. The highest BCUT2D eigenvalue weighted by atomic mass is 16.2. The van der Waals surface area contributed by atoms with Gasteiger partial charge < -0.3 is 11.1 Å². The van der Waals surface area contributed by atoms with Gasteiger partial charge in [0.2, 0.25) is 11.9 Å². The second kappa shape index (κ2) is 7.70. The number of aromatic nitrogens is 6. The van der Waals surface area contributed by atoms with Gasteiger partial charge in [0.15, 0.2) is 5.82 Å². The molecule has 3 heterocycles. The van der Waals surface area contributed by atoms with Crippen molar-refractivity contribution in [3.05, 3.63) is 72.8 Å². The van der Waals surface area contributed by atoms with E-state index in [0.717, 1.165) is 11.1 Å². The number of nitrogen functional groups attached to an aromatic ring is 1. The number of rotatable bonds is 6. The SMILES string of the molecule is Nc1nccc(-c2cnn(CC(=O)Nc3ccn(Cc4ccccc4)n3)c2)n1. The van der Waals surface area contributed by atoms with Crippen molar-refractivity contribution in [1.82, 2.24) is 29.5 Å². The van der Waals surface area contributed by atoms with Crippen LogP contribution in [-0.4, -0.2) is 35.4 Å². The second-order valence-electron chi connectivity index (χ2n) is 6.16. The molecule has 0 aliphatic heterocycles. The van der Waals surface area contributed by atoms with Crippen molar-refractivity contribution in [3.8, 4) is 11.3 Å². The maximum Gasteiger partial charge on any atom is 0.247 e. The molecule has 28 heavy (non-hydrogen) atoms. The molecule has 3 N–H and O–H groups in total. The molecule has 0 unspecified atom stereocenters. The summed E-state index contributed by atoms with van der Waals surface area (Å²) in [5.74, 6) is 0.466. The normalized spacial score (nSPS) is 10.7. The van der Waals surface area contributed by atoms with Crippen LogP contribution in [0.3, 0.4) is 0 Å². The van der Waals surface area contributed by atoms with E-state index in [1.54, 1.807) is 35.4 Å². The molecule has 4 rings (SSSR count). The number of nitrogens with two attached hydrogens (primary N) is 1. The Hall–Kier alpha value is -4.01. The molecule has 1 aromatic carbocycles. The van der Waals surface area contributed by atoms with Gasteiger partial charge in [0.05, 0.1) is 18.4 Å². The molecule has 0 fully saturated rings. The van der Waals surface area contributed by atoms with Gasteiger partial charge in [-0.1, -0.05) is 30.3 Å². The van der Waals surface area contributed by atoms with Crippen LogP contribution < -0.4 is 11.1 Å². The standard InChI is InChI=1S/C19H18N8O/c20-19-21-8-6-16(23-19)15-10-22-27(12-15)13-18(28)24-17-7-9-26(25-17)11-14-4-2-1-3-5-14/h1-10,12H,11,13H2,(H2,20,21,23)(H,24,25,28). The monoisotopic (exact) mass is 374 g/mol. The Balaban J connectivity index is 1.36. The molecule has 4 aromatic rings. The molecule has 9 heteroatoms. The zero-order valence-electron chi connectivity index (χ0n) is 14.9. The number of hydrogen-bond acceptors (Lipinski definition) is 6. The third-order valence-electron chi connectivity index (χ3n) is 4.00. The van der Waals surface area contributed by atoms with E-state index in [2.05, 4.69) is 25.5 Å². The van der Waals surface area contributed by atoms with Crippen LogP contribution in [0.4, 0.5) is 11.8 Å². The van der Waals surface area contributed by atoms with Gasteiger partial charge in [0, 0.05) is 30.2 Å². The van der Waals surface area contributed by atoms with Gasteiger partial charge in [0.25, 0.3) is 0 Å². The van der Waals surface area contributed by atoms with E-state index in [1.165, 1.54) is 4.68 Å². The van der Waals surface area contributed by atoms with E-state index < -0.39 is 0 Å². The van der Waals surface area contributed by atoms with Gasteiger partial charge in [-0.15, -0.1) is 0 Å². The number of nitrogens with zero attached hydrogens (tertiary/aromatic N) is 6. The second-order valence-corrected chi connectivity index (χ2v) is 6.16. The first-order chi connectivity index (χ1) is 13.7. The van der Waals surface area contributed by atoms with Crippen molar-refractivity contribution >= 4 is 17.7 Å². The highest BCUT2D eigenvalue weighted by molar-refractivity contribution is 5.89. The third-order valence-corrected chi connectivity index (χ3v) is 4.00. The van der Waals surface area contributed by atoms with Crippen molar-refractivity contribution in [2.75, 3.05) is 11.1 Å². The lowest BCUT2D eigenvalue weighted by Crippen LogP contribution is -2.19. The summed E-state index contributed by atoms with van der Waals surface area (Å²) in [4.78, 5) is 20.3. The first-order valence-electron chi connectivity index (χ1n) is 8.64. The van der Waals surface area contributed by atoms with E-state index >= 15 is 0 Å². The predicted molar refractivity (Wildman–Crippen MR) is 104 cm³/mol. The lowest BCUT2D eigenvalue weighted by Gasteiger charge is -2.03. The van der Waals surface area contributed by atoms with Crippen LogP contribution in [0.25, 0.3) is 11.3 Å². The first-order valence-corrected chi connectivity index (χ1v) is 8.64. The molecule has 0 saturated carbocycles. The van der Waals surface area contributed by atoms with Gasteiger partial charge in [0.1, 0.15) is 6.54 Å². The van der Waals surface area contributed by atoms with E-state index in [1.807, 2.05) is 36.5 Å². The average Bonchev–Trinajstić information content (AvgIpc) is 3.32. The summed E-state index contributed by atoms with van der Waals surface area (Å²) in [6, 6.07) is 13.5. The number of hydrogen-bond donors (Lipinski definition) is 2. The first kappa shape index (κ1) is 17.4. The molecular formula is C19H18N8O. The van der Waals surface area contributed by atoms with E-state index in [0.29, 0.717) is 18.1 Å². The molecule has 0 atom stereocenters. The quantitative estimate of drug-likeness (QED) is 0.532. The molecule has 0 aliphatic carbocycles. The van der Waals surface area contributed by atoms with Crippen LogP contribution in [0.2, 0.25) is 0 Å². The van der Waals surface area contributed by atoms with Crippen LogP contribution in [0.5, 0.6) is 0 Å². The molecule has 0 saturated heterocycles. The summed E-state index contributed by atoms with van der Waals surface area (Å²) in [5, 5.41) is 11.3. The van der Waals surface area contributed by atoms with Crippen molar-refractivity contribution in [3.63, 3.8) is 0 Å². The summed E-state index contributed by atoms with van der Waals surface area (Å²) in [7, 11) is 0. The molecule has 0 aliphatic rings. The molecule has 3 aromatic heterocycles. The van der Waals surface area contributed by atoms with Crippen LogP contribution in [0.1, 0.15) is 5.56 Å². The molecule has 0 radical (unpaired) electrons. The van der Waals surface area contributed by atoms with Crippen LogP contribution >= 0.6 is 0 Å². The average molecular weight is 374 g/mol. The fraction of sp³-hybridized carbons (Fsp3) is 0.105. The summed E-state index contributed by atoms with van der Waals surface area (Å²) in [6.07, 6.45) is 6.76. The Morgan fingerprint density at radius 1 is 1.11 bits per heavy atom. The maximum atomic E-state index is 12.3. The van der Waals surface area contributed by atoms with Crippen molar-refractivity contribution in [1.29, 1.82) is 0 Å². The smallest absolute Gasteiger partial charge is 0.247 e. The van der Waals surface area contributed by atoms with Crippen LogP contribution in [-0.2, 0) is 17.9 Å². The number of nitrogens with one attached hydrogen (secondary N) is 1. The zero-order chi connectivity index (χ0) is 19.3. The molecule has 140 valence electrons. The lowest BCUT2D eigenvalue weighted by atomic mass is 10.2. The summed E-state index contributed by atoms with van der Waals surface area (Å²) in [5.41, 5.74) is 8.14. The predicted octanol–water partition coefficient (Wildman–Crippen LogP) is 1.81. The minimum Gasteiger partial charge on any atom is -0.368 e. The third kappa shape index (κ3) is 4.21. The minimum atomic E-state index is -0.221. The number of amides is 1. The van der Waals surface area contributed by atoms with Crippen LogP contribution in [0, 0.1) is 0 Å². The fourth-order valence-electron chi connectivity index (χ4n) is 2.73. The van der Waals surface area contributed by atoms with E-state index in [4.69, 9.17) is 5.73 Å². The summed E-state index contributed by atoms with van der Waals surface area (Å²) >= 11 is 0. The lowest BCUT2D eigenvalue weighted by molar-refractivity contribution is -0.116. The number of carbonyl (C=O) groups is 1. The molecular weight excluding hydrogens is 356 g/mol. The Morgan fingerprint density at radius 3 is 2.79 bits per heavy atom. The van der Waals surface area contributed by atoms with Crippen molar-refractivity contribution in [2.45, 2.75) is 13.1 Å². The molecule has 9 nitrogen and oxygen atoms in total. The number of carbonyl (C=O) groups excluding carboxylic acids is 1. The van der Waals surface area contributed by atoms with Gasteiger partial charge >= 0.3 is 0 Å². The van der Waals surface area contributed by atoms with Crippen molar-refractivity contribution < 1.29 is 4.79 Å². The van der Waals surface area contributed by atoms with Gasteiger partial charge in [-0.3, -0.25) is 14.2 Å². The Kier molecular flexibility index (Phi) is 4.79. The molecule has 0 bridgehead atoms. The molecule has 0 spiro atoms. The fourth-order valence-corrected chi connectivity index (χ4v) is 2.73. The largest absolute Gasteiger partial charge is 0.368 e. The Labute approximate surface area is 160 Å². The topological polar surface area (TPSA) is 117 Å². The van der Waals surface area contributed by atoms with Crippen LogP contribution in [0.15, 0.2) is 67.3 Å². The van der Waals surface area contributed by atoms with E-state index in [-0.39, 0.29) is 18.4 Å². The van der Waals surface area contributed by atoms with Gasteiger partial charge in [-0.25, -0.2) is 9.97 Å². The Morgan fingerprint density at radius 2 is 1.96 bits per heavy atom. The van der Waals surface area contributed by atoms with Gasteiger partial charge in [-0.2, -0.15) is 10.2 Å². The highest BCUT2D eigenvalue weighted by Crippen LogP contribution is 2.15. The number of benzene rings is 1. The highest BCUT2D eigenvalue weighted by Gasteiger charge is 2.09. The summed E-state index contributed by atoms with van der Waals surface area (Å²) in [6.45, 7) is 0.702. The minimum absolute atomic E-state index is 0.0616. The maximum absolute atomic E-state index is 12.3. The Bertz CT molecular complexity index is 1090.